The second kappa shape index (κ2) is 7.92. The number of nitrogens with zero attached hydrogens (tertiary/aromatic N) is 2. The van der Waals surface area contributed by atoms with E-state index in [-0.39, 0.29) is 0 Å². The van der Waals surface area contributed by atoms with Crippen LogP contribution in [0.1, 0.15) is 37.9 Å². The van der Waals surface area contributed by atoms with Crippen molar-refractivity contribution in [2.24, 2.45) is 0 Å². The SMILES string of the molecule is CCCC(C)N(C)Cc1ccccc1-c1nc(CCl)cs1. The van der Waals surface area contributed by atoms with Gasteiger partial charge in [-0.15, -0.1) is 22.9 Å². The number of benzene rings is 1. The van der Waals surface area contributed by atoms with Crippen molar-refractivity contribution in [3.05, 3.63) is 40.9 Å². The van der Waals surface area contributed by atoms with Gasteiger partial charge in [0, 0.05) is 23.5 Å². The highest BCUT2D eigenvalue weighted by atomic mass is 35.5. The highest BCUT2D eigenvalue weighted by Gasteiger charge is 2.13. The molecule has 0 aliphatic heterocycles. The lowest BCUT2D eigenvalue weighted by atomic mass is 10.1. The minimum absolute atomic E-state index is 0.478. The predicted octanol–water partition coefficient (Wildman–Crippen LogP) is 5.17. The Balaban J connectivity index is 2.20. The van der Waals surface area contributed by atoms with Crippen LogP contribution in [0, 0.1) is 0 Å². The second-order valence-electron chi connectivity index (χ2n) is 5.49. The summed E-state index contributed by atoms with van der Waals surface area (Å²) in [4.78, 5) is 7.03. The van der Waals surface area contributed by atoms with E-state index in [4.69, 9.17) is 11.6 Å². The number of hydrogen-bond acceptors (Lipinski definition) is 3. The first-order chi connectivity index (χ1) is 10.2. The van der Waals surface area contributed by atoms with Gasteiger partial charge in [-0.05, 0) is 26.0 Å². The monoisotopic (exact) mass is 322 g/mol. The van der Waals surface area contributed by atoms with Crippen LogP contribution in [0.4, 0.5) is 0 Å². The standard InChI is InChI=1S/C17H23ClN2S/c1-4-7-13(2)20(3)11-14-8-5-6-9-16(14)17-19-15(10-18)12-21-17/h5-6,8-9,12-13H,4,7,10-11H2,1-3H3. The molecule has 0 amide bonds. The summed E-state index contributed by atoms with van der Waals surface area (Å²) in [5, 5.41) is 3.11. The van der Waals surface area contributed by atoms with Crippen LogP contribution in [-0.4, -0.2) is 23.0 Å². The Bertz CT molecular complexity index is 567. The Morgan fingerprint density at radius 3 is 2.76 bits per heavy atom. The summed E-state index contributed by atoms with van der Waals surface area (Å²) >= 11 is 7.54. The molecule has 0 N–H and O–H groups in total. The topological polar surface area (TPSA) is 16.1 Å². The molecule has 0 fully saturated rings. The molecule has 1 atom stereocenters. The number of thiazole rings is 1. The Kier molecular flexibility index (Phi) is 6.22. The fourth-order valence-electron chi connectivity index (χ4n) is 2.42. The summed E-state index contributed by atoms with van der Waals surface area (Å²) in [5.41, 5.74) is 3.52. The van der Waals surface area contributed by atoms with Gasteiger partial charge in [-0.3, -0.25) is 4.90 Å². The first-order valence-electron chi connectivity index (χ1n) is 7.44. The molecule has 2 nitrogen and oxygen atoms in total. The van der Waals surface area contributed by atoms with E-state index in [9.17, 15) is 0 Å². The molecule has 2 aromatic rings. The number of alkyl halides is 1. The fraction of sp³-hybridized carbons (Fsp3) is 0.471. The highest BCUT2D eigenvalue weighted by molar-refractivity contribution is 7.13. The van der Waals surface area contributed by atoms with E-state index in [0.29, 0.717) is 11.9 Å². The lowest BCUT2D eigenvalue weighted by Gasteiger charge is -2.25. The molecular formula is C17H23ClN2S. The van der Waals surface area contributed by atoms with Crippen molar-refractivity contribution < 1.29 is 0 Å². The van der Waals surface area contributed by atoms with Gasteiger partial charge >= 0.3 is 0 Å². The van der Waals surface area contributed by atoms with Gasteiger partial charge in [0.15, 0.2) is 0 Å². The maximum Gasteiger partial charge on any atom is 0.123 e. The van der Waals surface area contributed by atoms with Gasteiger partial charge in [0.25, 0.3) is 0 Å². The Labute approximate surface area is 136 Å². The second-order valence-corrected chi connectivity index (χ2v) is 6.61. The van der Waals surface area contributed by atoms with Gasteiger partial charge in [0.1, 0.15) is 5.01 Å². The zero-order valence-electron chi connectivity index (χ0n) is 13.0. The predicted molar refractivity (Wildman–Crippen MR) is 92.9 cm³/mol. The minimum Gasteiger partial charge on any atom is -0.299 e. The van der Waals surface area contributed by atoms with Gasteiger partial charge < -0.3 is 0 Å². The fourth-order valence-corrected chi connectivity index (χ4v) is 3.53. The maximum absolute atomic E-state index is 5.86. The van der Waals surface area contributed by atoms with Crippen molar-refractivity contribution in [3.8, 4) is 10.6 Å². The molecule has 1 aromatic heterocycles. The molecule has 21 heavy (non-hydrogen) atoms. The molecule has 0 aliphatic carbocycles. The molecule has 4 heteroatoms. The molecule has 2 rings (SSSR count). The smallest absolute Gasteiger partial charge is 0.123 e. The quantitative estimate of drug-likeness (QED) is 0.654. The van der Waals surface area contributed by atoms with Crippen LogP contribution in [0.25, 0.3) is 10.6 Å². The molecule has 1 unspecified atom stereocenters. The van der Waals surface area contributed by atoms with Crippen molar-refractivity contribution >= 4 is 22.9 Å². The Hall–Kier alpha value is -0.900. The van der Waals surface area contributed by atoms with Crippen molar-refractivity contribution in [1.82, 2.24) is 9.88 Å². The van der Waals surface area contributed by atoms with Gasteiger partial charge in [-0.2, -0.15) is 0 Å². The van der Waals surface area contributed by atoms with E-state index in [1.165, 1.54) is 24.0 Å². The van der Waals surface area contributed by atoms with Crippen molar-refractivity contribution in [3.63, 3.8) is 0 Å². The largest absolute Gasteiger partial charge is 0.299 e. The molecule has 0 bridgehead atoms. The third kappa shape index (κ3) is 4.29. The normalized spacial score (nSPS) is 12.8. The van der Waals surface area contributed by atoms with Crippen LogP contribution >= 0.6 is 22.9 Å². The van der Waals surface area contributed by atoms with E-state index in [1.54, 1.807) is 11.3 Å². The van der Waals surface area contributed by atoms with Crippen LogP contribution in [0.5, 0.6) is 0 Å². The number of hydrogen-bond donors (Lipinski definition) is 0. The van der Waals surface area contributed by atoms with Crippen LogP contribution in [-0.2, 0) is 12.4 Å². The van der Waals surface area contributed by atoms with Gasteiger partial charge in [-0.1, -0.05) is 37.6 Å². The molecule has 0 saturated heterocycles. The van der Waals surface area contributed by atoms with E-state index < -0.39 is 0 Å². The van der Waals surface area contributed by atoms with Gasteiger partial charge in [0.2, 0.25) is 0 Å². The van der Waals surface area contributed by atoms with E-state index in [0.717, 1.165) is 17.2 Å². The van der Waals surface area contributed by atoms with E-state index in [2.05, 4.69) is 55.0 Å². The number of rotatable bonds is 7. The summed E-state index contributed by atoms with van der Waals surface area (Å²) in [6, 6.07) is 9.14. The van der Waals surface area contributed by atoms with Crippen LogP contribution in [0.15, 0.2) is 29.6 Å². The molecule has 0 aliphatic rings. The van der Waals surface area contributed by atoms with Crippen LogP contribution in [0.3, 0.4) is 0 Å². The lowest BCUT2D eigenvalue weighted by molar-refractivity contribution is 0.237. The summed E-state index contributed by atoms with van der Waals surface area (Å²) in [7, 11) is 2.20. The third-order valence-electron chi connectivity index (χ3n) is 3.82. The zero-order chi connectivity index (χ0) is 15.2. The maximum atomic E-state index is 5.86. The van der Waals surface area contributed by atoms with E-state index in [1.807, 2.05) is 5.38 Å². The summed E-state index contributed by atoms with van der Waals surface area (Å²) in [6.07, 6.45) is 2.45. The third-order valence-corrected chi connectivity index (χ3v) is 5.01. The molecule has 1 aromatic carbocycles. The van der Waals surface area contributed by atoms with E-state index >= 15 is 0 Å². The Morgan fingerprint density at radius 1 is 1.33 bits per heavy atom. The summed E-state index contributed by atoms with van der Waals surface area (Å²) < 4.78 is 0. The van der Waals surface area contributed by atoms with Crippen molar-refractivity contribution in [2.45, 2.75) is 45.2 Å². The lowest BCUT2D eigenvalue weighted by Crippen LogP contribution is -2.28. The molecule has 0 radical (unpaired) electrons. The average Bonchev–Trinajstić information content (AvgIpc) is 2.97. The van der Waals surface area contributed by atoms with Crippen molar-refractivity contribution in [1.29, 1.82) is 0 Å². The van der Waals surface area contributed by atoms with Crippen LogP contribution < -0.4 is 0 Å². The number of aromatic nitrogens is 1. The van der Waals surface area contributed by atoms with Crippen LogP contribution in [0.2, 0.25) is 0 Å². The van der Waals surface area contributed by atoms with Gasteiger partial charge in [0.05, 0.1) is 11.6 Å². The summed E-state index contributed by atoms with van der Waals surface area (Å²) in [5.74, 6) is 0.478. The van der Waals surface area contributed by atoms with Gasteiger partial charge in [-0.25, -0.2) is 4.98 Å². The zero-order valence-corrected chi connectivity index (χ0v) is 14.5. The molecule has 0 saturated carbocycles. The Morgan fingerprint density at radius 2 is 2.10 bits per heavy atom. The molecule has 0 spiro atoms. The highest BCUT2D eigenvalue weighted by Crippen LogP contribution is 2.28. The molecular weight excluding hydrogens is 300 g/mol. The molecule has 114 valence electrons. The first-order valence-corrected chi connectivity index (χ1v) is 8.86. The number of halogens is 1. The minimum atomic E-state index is 0.478. The average molecular weight is 323 g/mol. The summed E-state index contributed by atoms with van der Waals surface area (Å²) in [6.45, 7) is 5.48. The molecule has 1 heterocycles. The van der Waals surface area contributed by atoms with Crippen molar-refractivity contribution in [2.75, 3.05) is 7.05 Å². The first kappa shape index (κ1) is 16.5.